The van der Waals surface area contributed by atoms with E-state index in [1.165, 1.54) is 32.1 Å². The normalized spacial score (nSPS) is 21.0. The lowest BCUT2D eigenvalue weighted by atomic mass is 9.89. The molecule has 0 radical (unpaired) electrons. The Morgan fingerprint density at radius 1 is 1.33 bits per heavy atom. The molecule has 1 N–H and O–H groups in total. The summed E-state index contributed by atoms with van der Waals surface area (Å²) in [5, 5.41) is 3.33. The Kier molecular flexibility index (Phi) is 7.67. The van der Waals surface area contributed by atoms with Crippen molar-refractivity contribution in [2.75, 3.05) is 20.2 Å². The fourth-order valence-electron chi connectivity index (χ4n) is 3.49. The predicted molar refractivity (Wildman–Crippen MR) is 87.4 cm³/mol. The molecule has 4 heteroatoms. The number of nitrogens with one attached hydrogen (secondary N) is 1. The first-order valence-electron chi connectivity index (χ1n) is 8.58. The van der Waals surface area contributed by atoms with Crippen molar-refractivity contribution in [1.29, 1.82) is 0 Å². The minimum Gasteiger partial charge on any atom is -0.465 e. The molecule has 0 bridgehead atoms. The van der Waals surface area contributed by atoms with Crippen LogP contribution in [0, 0.1) is 0 Å². The lowest BCUT2D eigenvalue weighted by Crippen LogP contribution is -2.54. The van der Waals surface area contributed by atoms with Gasteiger partial charge < -0.3 is 15.0 Å². The number of hydrogen-bond donors (Lipinski definition) is 1. The van der Waals surface area contributed by atoms with Crippen LogP contribution in [-0.4, -0.2) is 48.7 Å². The first-order valence-corrected chi connectivity index (χ1v) is 8.58. The van der Waals surface area contributed by atoms with Gasteiger partial charge in [0, 0.05) is 12.1 Å². The number of ether oxygens (including phenoxy) is 1. The fraction of sp³-hybridized carbons (Fsp3) is 0.941. The predicted octanol–water partition coefficient (Wildman–Crippen LogP) is 2.96. The van der Waals surface area contributed by atoms with E-state index in [1.54, 1.807) is 0 Å². The van der Waals surface area contributed by atoms with Crippen LogP contribution in [0.2, 0.25) is 0 Å². The molecular weight excluding hydrogens is 264 g/mol. The third kappa shape index (κ3) is 5.26. The number of hydrogen-bond acceptors (Lipinski definition) is 4. The highest BCUT2D eigenvalue weighted by atomic mass is 16.5. The second-order valence-corrected chi connectivity index (χ2v) is 6.59. The van der Waals surface area contributed by atoms with Crippen LogP contribution in [0.4, 0.5) is 0 Å². The quantitative estimate of drug-likeness (QED) is 0.700. The molecule has 0 aliphatic heterocycles. The Labute approximate surface area is 130 Å². The molecule has 1 aliphatic carbocycles. The summed E-state index contributed by atoms with van der Waals surface area (Å²) in [5.74, 6) is -0.129. The van der Waals surface area contributed by atoms with E-state index in [-0.39, 0.29) is 5.97 Å². The van der Waals surface area contributed by atoms with Crippen LogP contribution in [0.15, 0.2) is 0 Å². The van der Waals surface area contributed by atoms with Crippen LogP contribution in [0.5, 0.6) is 0 Å². The van der Waals surface area contributed by atoms with E-state index >= 15 is 0 Å². The van der Waals surface area contributed by atoms with Gasteiger partial charge in [0.1, 0.15) is 5.54 Å². The van der Waals surface area contributed by atoms with E-state index in [9.17, 15) is 4.79 Å². The van der Waals surface area contributed by atoms with Crippen molar-refractivity contribution >= 4 is 5.97 Å². The molecule has 1 aliphatic rings. The monoisotopic (exact) mass is 298 g/mol. The van der Waals surface area contributed by atoms with Crippen molar-refractivity contribution < 1.29 is 9.53 Å². The number of esters is 1. The van der Waals surface area contributed by atoms with Crippen molar-refractivity contribution in [3.63, 3.8) is 0 Å². The summed E-state index contributed by atoms with van der Waals surface area (Å²) < 4.78 is 5.27. The highest BCUT2D eigenvalue weighted by Gasteiger charge is 2.37. The zero-order chi connectivity index (χ0) is 15.9. The molecule has 0 spiro atoms. The molecule has 1 rings (SSSR count). The smallest absolute Gasteiger partial charge is 0.326 e. The van der Waals surface area contributed by atoms with Gasteiger partial charge in [-0.1, -0.05) is 26.2 Å². The molecular formula is C17H34N2O2. The number of nitrogens with zero attached hydrogens (tertiary/aromatic N) is 1. The summed E-state index contributed by atoms with van der Waals surface area (Å²) in [6, 6.07) is 1.03. The fourth-order valence-corrected chi connectivity index (χ4v) is 3.49. The van der Waals surface area contributed by atoms with Gasteiger partial charge in [-0.05, 0) is 53.6 Å². The molecule has 2 unspecified atom stereocenters. The third-order valence-electron chi connectivity index (χ3n) is 4.84. The summed E-state index contributed by atoms with van der Waals surface area (Å²) in [6.07, 6.45) is 7.41. The van der Waals surface area contributed by atoms with Crippen LogP contribution in [0.25, 0.3) is 0 Å². The summed E-state index contributed by atoms with van der Waals surface area (Å²) in [7, 11) is 2.21. The van der Waals surface area contributed by atoms with E-state index < -0.39 is 5.54 Å². The molecule has 2 atom stereocenters. The topological polar surface area (TPSA) is 41.6 Å². The molecule has 124 valence electrons. The summed E-state index contributed by atoms with van der Waals surface area (Å²) >= 11 is 0. The van der Waals surface area contributed by atoms with Gasteiger partial charge in [0.05, 0.1) is 6.61 Å². The van der Waals surface area contributed by atoms with Gasteiger partial charge in [0.15, 0.2) is 0 Å². The molecule has 4 nitrogen and oxygen atoms in total. The Morgan fingerprint density at radius 3 is 2.48 bits per heavy atom. The molecule has 1 fully saturated rings. The van der Waals surface area contributed by atoms with Crippen molar-refractivity contribution in [1.82, 2.24) is 10.2 Å². The molecule has 0 heterocycles. The Morgan fingerprint density at radius 2 is 1.95 bits per heavy atom. The molecule has 0 aromatic rings. The van der Waals surface area contributed by atoms with E-state index in [2.05, 4.69) is 24.2 Å². The average Bonchev–Trinajstić information content (AvgIpc) is 2.47. The van der Waals surface area contributed by atoms with Crippen LogP contribution in [-0.2, 0) is 9.53 Å². The molecule has 0 aromatic carbocycles. The maximum Gasteiger partial charge on any atom is 0.326 e. The van der Waals surface area contributed by atoms with Gasteiger partial charge in [-0.2, -0.15) is 0 Å². The number of carbonyl (C=O) groups is 1. The highest BCUT2D eigenvalue weighted by molar-refractivity contribution is 5.80. The SMILES string of the molecule is CCNC(C)(CC(C)N(C)C1CCCCC1)C(=O)OCC. The lowest BCUT2D eigenvalue weighted by Gasteiger charge is -2.39. The number of carbonyl (C=O) groups excluding carboxylic acids is 1. The van der Waals surface area contributed by atoms with Crippen LogP contribution in [0.1, 0.15) is 66.2 Å². The van der Waals surface area contributed by atoms with Crippen LogP contribution < -0.4 is 5.32 Å². The average molecular weight is 298 g/mol. The maximum atomic E-state index is 12.3. The Balaban J connectivity index is 2.65. The van der Waals surface area contributed by atoms with Crippen LogP contribution >= 0.6 is 0 Å². The molecule has 0 aromatic heterocycles. The largest absolute Gasteiger partial charge is 0.465 e. The zero-order valence-corrected chi connectivity index (χ0v) is 14.6. The van der Waals surface area contributed by atoms with Crippen molar-refractivity contribution in [3.05, 3.63) is 0 Å². The van der Waals surface area contributed by atoms with Gasteiger partial charge in [-0.3, -0.25) is 4.79 Å². The lowest BCUT2D eigenvalue weighted by molar-refractivity contribution is -0.151. The summed E-state index contributed by atoms with van der Waals surface area (Å²) in [6.45, 7) is 9.31. The van der Waals surface area contributed by atoms with Gasteiger partial charge >= 0.3 is 5.97 Å². The standard InChI is InChI=1S/C17H34N2O2/c1-6-18-17(4,16(20)21-7-2)13-14(3)19(5)15-11-9-8-10-12-15/h14-15,18H,6-13H2,1-5H3. The Hall–Kier alpha value is -0.610. The molecule has 0 amide bonds. The summed E-state index contributed by atoms with van der Waals surface area (Å²) in [4.78, 5) is 14.8. The molecule has 21 heavy (non-hydrogen) atoms. The second kappa shape index (κ2) is 8.74. The molecule has 0 saturated heterocycles. The van der Waals surface area contributed by atoms with Gasteiger partial charge in [0.25, 0.3) is 0 Å². The van der Waals surface area contributed by atoms with E-state index in [0.29, 0.717) is 18.7 Å². The molecule has 1 saturated carbocycles. The van der Waals surface area contributed by atoms with Crippen molar-refractivity contribution in [2.45, 2.75) is 83.8 Å². The zero-order valence-electron chi connectivity index (χ0n) is 14.6. The van der Waals surface area contributed by atoms with Crippen molar-refractivity contribution in [2.24, 2.45) is 0 Å². The minimum absolute atomic E-state index is 0.129. The van der Waals surface area contributed by atoms with E-state index in [0.717, 1.165) is 13.0 Å². The van der Waals surface area contributed by atoms with Crippen molar-refractivity contribution in [3.8, 4) is 0 Å². The second-order valence-electron chi connectivity index (χ2n) is 6.59. The van der Waals surface area contributed by atoms with Crippen LogP contribution in [0.3, 0.4) is 0 Å². The minimum atomic E-state index is -0.590. The van der Waals surface area contributed by atoms with Gasteiger partial charge in [-0.15, -0.1) is 0 Å². The van der Waals surface area contributed by atoms with E-state index in [4.69, 9.17) is 4.74 Å². The third-order valence-corrected chi connectivity index (χ3v) is 4.84. The summed E-state index contributed by atoms with van der Waals surface area (Å²) in [5.41, 5.74) is -0.590. The van der Waals surface area contributed by atoms with Gasteiger partial charge in [0.2, 0.25) is 0 Å². The Bertz CT molecular complexity index is 316. The first kappa shape index (κ1) is 18.4. The number of likely N-dealkylation sites (N-methyl/N-ethyl adjacent to an activating group) is 1. The highest BCUT2D eigenvalue weighted by Crippen LogP contribution is 2.26. The van der Waals surface area contributed by atoms with E-state index in [1.807, 2.05) is 20.8 Å². The maximum absolute atomic E-state index is 12.3. The number of rotatable bonds is 8. The first-order chi connectivity index (χ1) is 9.94. The van der Waals surface area contributed by atoms with Gasteiger partial charge in [-0.25, -0.2) is 0 Å².